The fraction of sp³-hybridized carbons (Fsp3) is 0.333. The van der Waals surface area contributed by atoms with E-state index in [0.717, 1.165) is 5.82 Å². The van der Waals surface area contributed by atoms with Crippen molar-refractivity contribution in [3.05, 3.63) is 23.8 Å². The average molecular weight is 157 g/mol. The minimum absolute atomic E-state index is 0.669. The molecule has 0 amide bonds. The van der Waals surface area contributed by atoms with E-state index >= 15 is 0 Å². The Morgan fingerprint density at radius 1 is 1.60 bits per heavy atom. The van der Waals surface area contributed by atoms with Crippen LogP contribution in [0.4, 0.5) is 0 Å². The maximum absolute atomic E-state index is 4.82. The van der Waals surface area contributed by atoms with Crippen LogP contribution in [0.1, 0.15) is 5.82 Å². The van der Waals surface area contributed by atoms with Gasteiger partial charge in [-0.2, -0.15) is 5.10 Å². The van der Waals surface area contributed by atoms with Gasteiger partial charge in [-0.15, -0.1) is 13.2 Å². The smallest absolute Gasteiger partial charge is 0.194 e. The number of rotatable bonds is 0. The summed E-state index contributed by atoms with van der Waals surface area (Å²) in [6.45, 7) is 7.90. The third kappa shape index (κ3) is 1.80. The summed E-state index contributed by atoms with van der Waals surface area (Å²) >= 11 is 4.82. The Balaban J connectivity index is 0.000000371. The summed E-state index contributed by atoms with van der Waals surface area (Å²) in [5.41, 5.74) is 0. The quantitative estimate of drug-likeness (QED) is 0.458. The fourth-order valence-electron chi connectivity index (χ4n) is 0.426. The number of nitrogens with zero attached hydrogens (tertiary/aromatic N) is 2. The van der Waals surface area contributed by atoms with Gasteiger partial charge < -0.3 is 4.57 Å². The van der Waals surface area contributed by atoms with Crippen molar-refractivity contribution < 1.29 is 0 Å². The number of hydrogen-bond acceptors (Lipinski definition) is 2. The van der Waals surface area contributed by atoms with Gasteiger partial charge in [-0.05, 0) is 19.1 Å². The number of H-pyrrole nitrogens is 1. The summed E-state index contributed by atoms with van der Waals surface area (Å²) < 4.78 is 2.48. The molecule has 0 aliphatic rings. The molecule has 0 atom stereocenters. The van der Waals surface area contributed by atoms with Crippen molar-refractivity contribution in [1.29, 1.82) is 0 Å². The Hall–Kier alpha value is -0.900. The van der Waals surface area contributed by atoms with Crippen LogP contribution in [0.2, 0.25) is 0 Å². The summed E-state index contributed by atoms with van der Waals surface area (Å²) in [7, 11) is 1.88. The van der Waals surface area contributed by atoms with Crippen molar-refractivity contribution in [1.82, 2.24) is 14.8 Å². The van der Waals surface area contributed by atoms with Gasteiger partial charge in [0.2, 0.25) is 0 Å². The molecule has 0 aliphatic carbocycles. The van der Waals surface area contributed by atoms with Crippen molar-refractivity contribution >= 4 is 12.2 Å². The van der Waals surface area contributed by atoms with Gasteiger partial charge in [-0.1, -0.05) is 0 Å². The first kappa shape index (κ1) is 9.10. The fourth-order valence-corrected chi connectivity index (χ4v) is 0.603. The molecule has 1 aromatic rings. The first-order valence-electron chi connectivity index (χ1n) is 2.80. The lowest BCUT2D eigenvalue weighted by Gasteiger charge is -1.86. The molecule has 1 N–H and O–H groups in total. The Morgan fingerprint density at radius 3 is 2.20 bits per heavy atom. The van der Waals surface area contributed by atoms with Gasteiger partial charge >= 0.3 is 0 Å². The molecule has 1 rings (SSSR count). The third-order valence-corrected chi connectivity index (χ3v) is 1.47. The Morgan fingerprint density at radius 2 is 2.10 bits per heavy atom. The van der Waals surface area contributed by atoms with Crippen LogP contribution in [0.3, 0.4) is 0 Å². The summed E-state index contributed by atoms with van der Waals surface area (Å²) in [6.07, 6.45) is 0. The van der Waals surface area contributed by atoms with Crippen molar-refractivity contribution in [3.63, 3.8) is 0 Å². The van der Waals surface area contributed by atoms with Crippen molar-refractivity contribution in [3.8, 4) is 0 Å². The molecule has 0 unspecified atom stereocenters. The molecular weight excluding hydrogens is 146 g/mol. The molecule has 0 aromatic carbocycles. The zero-order valence-corrected chi connectivity index (χ0v) is 7.03. The van der Waals surface area contributed by atoms with E-state index in [1.54, 1.807) is 0 Å². The van der Waals surface area contributed by atoms with Crippen LogP contribution in [0.25, 0.3) is 0 Å². The SMILES string of the molecule is C=C.Cc1n[nH]c(=S)n1C. The number of aromatic nitrogens is 3. The van der Waals surface area contributed by atoms with Crippen LogP contribution in [-0.4, -0.2) is 14.8 Å². The number of aromatic amines is 1. The number of aryl methyl sites for hydroxylation is 1. The van der Waals surface area contributed by atoms with Gasteiger partial charge in [-0.3, -0.25) is 5.10 Å². The van der Waals surface area contributed by atoms with Crippen molar-refractivity contribution in [2.75, 3.05) is 0 Å². The second-order valence-corrected chi connectivity index (χ2v) is 2.02. The average Bonchev–Trinajstić information content (AvgIpc) is 2.25. The first-order valence-corrected chi connectivity index (χ1v) is 3.20. The first-order chi connectivity index (χ1) is 4.72. The predicted octanol–water partition coefficient (Wildman–Crippen LogP) is 1.59. The maximum Gasteiger partial charge on any atom is 0.194 e. The van der Waals surface area contributed by atoms with E-state index in [1.165, 1.54) is 0 Å². The molecule has 0 fully saturated rings. The molecule has 56 valence electrons. The standard InChI is InChI=1S/C4H7N3S.C2H4/c1-3-5-6-4(8)7(3)2;1-2/h1-2H3,(H,6,8);1-2H2. The van der Waals surface area contributed by atoms with Crippen LogP contribution in [0, 0.1) is 11.7 Å². The zero-order valence-electron chi connectivity index (χ0n) is 6.22. The molecule has 1 aromatic heterocycles. The molecule has 0 radical (unpaired) electrons. The zero-order chi connectivity index (χ0) is 8.15. The topological polar surface area (TPSA) is 33.6 Å². The number of nitrogens with one attached hydrogen (secondary N) is 1. The Bertz CT molecular complexity index is 248. The lowest BCUT2D eigenvalue weighted by molar-refractivity contribution is 0.847. The maximum atomic E-state index is 4.82. The Kier molecular flexibility index (Phi) is 3.64. The highest BCUT2D eigenvalue weighted by Gasteiger charge is 1.89. The monoisotopic (exact) mass is 157 g/mol. The summed E-state index contributed by atoms with van der Waals surface area (Å²) in [6, 6.07) is 0. The highest BCUT2D eigenvalue weighted by atomic mass is 32.1. The summed E-state index contributed by atoms with van der Waals surface area (Å²) in [4.78, 5) is 0. The van der Waals surface area contributed by atoms with E-state index in [2.05, 4.69) is 23.4 Å². The van der Waals surface area contributed by atoms with E-state index in [0.29, 0.717) is 4.77 Å². The second kappa shape index (κ2) is 4.00. The third-order valence-electron chi connectivity index (χ3n) is 1.10. The van der Waals surface area contributed by atoms with Crippen LogP contribution >= 0.6 is 12.2 Å². The lowest BCUT2D eigenvalue weighted by atomic mass is 10.7. The molecule has 10 heavy (non-hydrogen) atoms. The molecule has 3 nitrogen and oxygen atoms in total. The van der Waals surface area contributed by atoms with Crippen molar-refractivity contribution in [2.45, 2.75) is 6.92 Å². The highest BCUT2D eigenvalue weighted by Crippen LogP contribution is 1.88. The largest absolute Gasteiger partial charge is 0.308 e. The summed E-state index contributed by atoms with van der Waals surface area (Å²) in [5.74, 6) is 0.912. The van der Waals surface area contributed by atoms with Crippen LogP contribution in [-0.2, 0) is 7.05 Å². The molecule has 0 bridgehead atoms. The normalized spacial score (nSPS) is 8.20. The minimum atomic E-state index is 0.669. The van der Waals surface area contributed by atoms with Gasteiger partial charge in [0.25, 0.3) is 0 Å². The van der Waals surface area contributed by atoms with Gasteiger partial charge in [-0.25, -0.2) is 0 Å². The Labute approximate surface area is 65.4 Å². The van der Waals surface area contributed by atoms with Crippen LogP contribution in [0.15, 0.2) is 13.2 Å². The van der Waals surface area contributed by atoms with Gasteiger partial charge in [0.05, 0.1) is 0 Å². The molecule has 0 saturated heterocycles. The van der Waals surface area contributed by atoms with Crippen molar-refractivity contribution in [2.24, 2.45) is 7.05 Å². The van der Waals surface area contributed by atoms with E-state index in [4.69, 9.17) is 12.2 Å². The van der Waals surface area contributed by atoms with E-state index in [-0.39, 0.29) is 0 Å². The molecule has 0 aliphatic heterocycles. The van der Waals surface area contributed by atoms with E-state index in [1.807, 2.05) is 18.5 Å². The van der Waals surface area contributed by atoms with Gasteiger partial charge in [0.1, 0.15) is 5.82 Å². The molecular formula is C6H11N3S. The molecule has 0 saturated carbocycles. The predicted molar refractivity (Wildman–Crippen MR) is 44.4 cm³/mol. The molecule has 0 spiro atoms. The lowest BCUT2D eigenvalue weighted by Crippen LogP contribution is -1.89. The van der Waals surface area contributed by atoms with Gasteiger partial charge in [0, 0.05) is 7.05 Å². The highest BCUT2D eigenvalue weighted by molar-refractivity contribution is 7.71. The molecule has 4 heteroatoms. The van der Waals surface area contributed by atoms with E-state index in [9.17, 15) is 0 Å². The second-order valence-electron chi connectivity index (χ2n) is 1.63. The van der Waals surface area contributed by atoms with Crippen LogP contribution in [0.5, 0.6) is 0 Å². The minimum Gasteiger partial charge on any atom is -0.308 e. The van der Waals surface area contributed by atoms with Crippen LogP contribution < -0.4 is 0 Å². The van der Waals surface area contributed by atoms with Gasteiger partial charge in [0.15, 0.2) is 4.77 Å². The van der Waals surface area contributed by atoms with E-state index < -0.39 is 0 Å². The number of hydrogen-bond donors (Lipinski definition) is 1. The molecule has 1 heterocycles. The summed E-state index contributed by atoms with van der Waals surface area (Å²) in [5, 5.41) is 6.51.